The van der Waals surface area contributed by atoms with E-state index in [-0.39, 0.29) is 6.04 Å². The Hall–Kier alpha value is -1.68. The molecule has 20 heavy (non-hydrogen) atoms. The fourth-order valence-corrected chi connectivity index (χ4v) is 2.24. The number of aromatic nitrogens is 3. The molecular weight excluding hydrogens is 248 g/mol. The predicted octanol–water partition coefficient (Wildman–Crippen LogP) is 2.67. The molecule has 0 fully saturated rings. The van der Waals surface area contributed by atoms with Gasteiger partial charge in [0.25, 0.3) is 0 Å². The molecule has 0 aliphatic rings. The van der Waals surface area contributed by atoms with Crippen molar-refractivity contribution in [2.24, 2.45) is 5.73 Å². The van der Waals surface area contributed by atoms with Gasteiger partial charge in [-0.3, -0.25) is 0 Å². The second-order valence-electron chi connectivity index (χ2n) is 5.11. The van der Waals surface area contributed by atoms with Crippen LogP contribution in [0.5, 0.6) is 0 Å². The number of rotatable bonds is 6. The quantitative estimate of drug-likeness (QED) is 0.879. The van der Waals surface area contributed by atoms with Gasteiger partial charge in [-0.1, -0.05) is 32.9 Å². The molecule has 1 heterocycles. The Morgan fingerprint density at radius 3 is 2.65 bits per heavy atom. The van der Waals surface area contributed by atoms with Crippen LogP contribution in [0.25, 0.3) is 5.69 Å². The molecule has 1 aromatic heterocycles. The molecule has 0 saturated carbocycles. The fraction of sp³-hybridized carbons (Fsp3) is 0.500. The van der Waals surface area contributed by atoms with E-state index >= 15 is 0 Å². The van der Waals surface area contributed by atoms with E-state index in [2.05, 4.69) is 55.1 Å². The third-order valence-corrected chi connectivity index (χ3v) is 3.53. The maximum absolute atomic E-state index is 6.04. The summed E-state index contributed by atoms with van der Waals surface area (Å²) < 4.78 is 1.96. The van der Waals surface area contributed by atoms with Gasteiger partial charge in [0.05, 0.1) is 5.69 Å². The van der Waals surface area contributed by atoms with Crippen LogP contribution in [0.4, 0.5) is 0 Å². The van der Waals surface area contributed by atoms with Crippen LogP contribution in [-0.2, 0) is 19.3 Å². The van der Waals surface area contributed by atoms with Gasteiger partial charge in [-0.25, -0.2) is 9.67 Å². The first-order valence-electron chi connectivity index (χ1n) is 7.47. The van der Waals surface area contributed by atoms with Gasteiger partial charge < -0.3 is 5.73 Å². The maximum Gasteiger partial charge on any atom is 0.151 e. The lowest BCUT2D eigenvalue weighted by molar-refractivity contribution is 0.645. The van der Waals surface area contributed by atoms with E-state index in [1.165, 1.54) is 5.56 Å². The van der Waals surface area contributed by atoms with E-state index in [9.17, 15) is 0 Å². The van der Waals surface area contributed by atoms with Crippen LogP contribution in [0.1, 0.15) is 44.4 Å². The maximum atomic E-state index is 6.04. The van der Waals surface area contributed by atoms with Gasteiger partial charge >= 0.3 is 0 Å². The van der Waals surface area contributed by atoms with Crippen molar-refractivity contribution in [3.63, 3.8) is 0 Å². The number of benzene rings is 1. The molecule has 1 unspecified atom stereocenters. The highest BCUT2D eigenvalue weighted by atomic mass is 15.3. The fourth-order valence-electron chi connectivity index (χ4n) is 2.24. The zero-order chi connectivity index (χ0) is 14.5. The highest BCUT2D eigenvalue weighted by Gasteiger charge is 2.10. The summed E-state index contributed by atoms with van der Waals surface area (Å²) in [4.78, 5) is 4.56. The molecule has 0 radical (unpaired) electrons. The average Bonchev–Trinajstić information content (AvgIpc) is 2.90. The Bertz CT molecular complexity index is 559. The van der Waals surface area contributed by atoms with Crippen LogP contribution in [0.3, 0.4) is 0 Å². The lowest BCUT2D eigenvalue weighted by Gasteiger charge is -2.10. The summed E-state index contributed by atoms with van der Waals surface area (Å²) >= 11 is 0. The Kier molecular flexibility index (Phi) is 4.90. The first-order valence-corrected chi connectivity index (χ1v) is 7.47. The Morgan fingerprint density at radius 1 is 1.20 bits per heavy atom. The van der Waals surface area contributed by atoms with Crippen LogP contribution >= 0.6 is 0 Å². The third-order valence-electron chi connectivity index (χ3n) is 3.53. The van der Waals surface area contributed by atoms with Crippen molar-refractivity contribution in [2.75, 3.05) is 0 Å². The van der Waals surface area contributed by atoms with Crippen molar-refractivity contribution < 1.29 is 0 Å². The third kappa shape index (κ3) is 3.25. The topological polar surface area (TPSA) is 56.7 Å². The minimum absolute atomic E-state index is 0.220. The number of nitrogens with zero attached hydrogens (tertiary/aromatic N) is 3. The van der Waals surface area contributed by atoms with E-state index in [4.69, 9.17) is 5.73 Å². The van der Waals surface area contributed by atoms with Crippen LogP contribution < -0.4 is 5.73 Å². The second kappa shape index (κ2) is 6.66. The summed E-state index contributed by atoms with van der Waals surface area (Å²) in [6.07, 6.45) is 3.64. The number of hydrogen-bond acceptors (Lipinski definition) is 3. The van der Waals surface area contributed by atoms with Crippen LogP contribution in [0, 0.1) is 0 Å². The molecule has 2 aromatic rings. The van der Waals surface area contributed by atoms with Gasteiger partial charge in [0, 0.05) is 18.9 Å². The Labute approximate surface area is 121 Å². The lowest BCUT2D eigenvalue weighted by Crippen LogP contribution is -2.21. The van der Waals surface area contributed by atoms with Gasteiger partial charge in [0.2, 0.25) is 0 Å². The molecule has 2 N–H and O–H groups in total. The number of nitrogens with two attached hydrogens (primary N) is 1. The van der Waals surface area contributed by atoms with E-state index in [1.54, 1.807) is 0 Å². The van der Waals surface area contributed by atoms with E-state index in [1.807, 2.05) is 4.68 Å². The highest BCUT2D eigenvalue weighted by molar-refractivity contribution is 5.36. The molecule has 4 heteroatoms. The molecule has 0 amide bonds. The van der Waals surface area contributed by atoms with Crippen LogP contribution in [0.15, 0.2) is 24.3 Å². The predicted molar refractivity (Wildman–Crippen MR) is 82.1 cm³/mol. The lowest BCUT2D eigenvalue weighted by atomic mass is 10.0. The Morgan fingerprint density at radius 2 is 2.00 bits per heavy atom. The van der Waals surface area contributed by atoms with Crippen molar-refractivity contribution >= 4 is 0 Å². The van der Waals surface area contributed by atoms with E-state index < -0.39 is 0 Å². The monoisotopic (exact) mass is 272 g/mol. The standard InChI is InChI=1S/C16H24N4/c1-4-13(17)10-12-8-7-9-14(11-12)20-16(6-3)18-15(5-2)19-20/h7-9,11,13H,4-6,10,17H2,1-3H3. The molecule has 0 saturated heterocycles. The second-order valence-corrected chi connectivity index (χ2v) is 5.11. The largest absolute Gasteiger partial charge is 0.327 e. The molecule has 2 rings (SSSR count). The van der Waals surface area contributed by atoms with E-state index in [0.29, 0.717) is 0 Å². The van der Waals surface area contributed by atoms with Gasteiger partial charge in [0.15, 0.2) is 5.82 Å². The normalized spacial score (nSPS) is 12.6. The van der Waals surface area contributed by atoms with Crippen molar-refractivity contribution in [1.29, 1.82) is 0 Å². The van der Waals surface area contributed by atoms with Crippen molar-refractivity contribution in [1.82, 2.24) is 14.8 Å². The van der Waals surface area contributed by atoms with Gasteiger partial charge in [0.1, 0.15) is 5.82 Å². The minimum atomic E-state index is 0.220. The Balaban J connectivity index is 2.32. The van der Waals surface area contributed by atoms with Crippen molar-refractivity contribution in [3.05, 3.63) is 41.5 Å². The summed E-state index contributed by atoms with van der Waals surface area (Å²) in [5.74, 6) is 1.91. The zero-order valence-corrected chi connectivity index (χ0v) is 12.6. The van der Waals surface area contributed by atoms with Crippen molar-refractivity contribution in [2.45, 2.75) is 52.5 Å². The number of aryl methyl sites for hydroxylation is 2. The molecule has 0 aliphatic heterocycles. The smallest absolute Gasteiger partial charge is 0.151 e. The molecule has 0 aliphatic carbocycles. The molecule has 0 bridgehead atoms. The number of hydrogen-bond donors (Lipinski definition) is 1. The van der Waals surface area contributed by atoms with Gasteiger partial charge in [-0.2, -0.15) is 5.10 Å². The summed E-state index contributed by atoms with van der Waals surface area (Å²) in [5.41, 5.74) is 8.38. The average molecular weight is 272 g/mol. The summed E-state index contributed by atoms with van der Waals surface area (Å²) in [6.45, 7) is 6.31. The van der Waals surface area contributed by atoms with E-state index in [0.717, 1.165) is 43.0 Å². The molecule has 4 nitrogen and oxygen atoms in total. The summed E-state index contributed by atoms with van der Waals surface area (Å²) in [5, 5.41) is 4.58. The summed E-state index contributed by atoms with van der Waals surface area (Å²) in [6, 6.07) is 8.66. The SMILES string of the molecule is CCc1nc(CC)n(-c2cccc(CC(N)CC)c2)n1. The molecular formula is C16H24N4. The van der Waals surface area contributed by atoms with Gasteiger partial charge in [-0.05, 0) is 30.5 Å². The summed E-state index contributed by atoms with van der Waals surface area (Å²) in [7, 11) is 0. The van der Waals surface area contributed by atoms with Gasteiger partial charge in [-0.15, -0.1) is 0 Å². The highest BCUT2D eigenvalue weighted by Crippen LogP contribution is 2.14. The first kappa shape index (κ1) is 14.7. The molecule has 1 aromatic carbocycles. The van der Waals surface area contributed by atoms with Crippen molar-refractivity contribution in [3.8, 4) is 5.69 Å². The first-order chi connectivity index (χ1) is 9.67. The molecule has 1 atom stereocenters. The molecule has 108 valence electrons. The van der Waals surface area contributed by atoms with Crippen LogP contribution in [0.2, 0.25) is 0 Å². The van der Waals surface area contributed by atoms with Crippen LogP contribution in [-0.4, -0.2) is 20.8 Å². The zero-order valence-electron chi connectivity index (χ0n) is 12.6. The molecule has 0 spiro atoms. The minimum Gasteiger partial charge on any atom is -0.327 e.